The summed E-state index contributed by atoms with van der Waals surface area (Å²) in [5.74, 6) is 0. The molecule has 0 spiro atoms. The lowest BCUT2D eigenvalue weighted by Gasteiger charge is -2.36. The van der Waals surface area contributed by atoms with Crippen LogP contribution in [0.5, 0.6) is 0 Å². The lowest BCUT2D eigenvalue weighted by atomic mass is 10.0. The molecule has 0 amide bonds. The zero-order valence-electron chi connectivity index (χ0n) is 14.8. The van der Waals surface area contributed by atoms with Crippen molar-refractivity contribution in [1.29, 1.82) is 0 Å². The molecule has 0 aliphatic carbocycles. The summed E-state index contributed by atoms with van der Waals surface area (Å²) in [7, 11) is 0. The highest BCUT2D eigenvalue weighted by atomic mass is 16.3. The fourth-order valence-electron chi connectivity index (χ4n) is 3.43. The number of nitrogens with one attached hydrogen (secondary N) is 1. The molecule has 23 heavy (non-hydrogen) atoms. The van der Waals surface area contributed by atoms with E-state index in [1.165, 1.54) is 17.5 Å². The van der Waals surface area contributed by atoms with Gasteiger partial charge in [-0.2, -0.15) is 0 Å². The monoisotopic (exact) mass is 319 g/mol. The van der Waals surface area contributed by atoms with Crippen LogP contribution in [0, 0.1) is 0 Å². The standard InChI is InChI=1S/C19H33N3O/c1-3-5-17-6-8-18(9-7-17)19(22(4-2)14-15-23)16-21-12-10-20-11-13-21/h6-9,19-20,23H,3-5,10-16H2,1-2H3. The van der Waals surface area contributed by atoms with Gasteiger partial charge in [0.15, 0.2) is 0 Å². The molecule has 1 aliphatic rings. The molecule has 4 heteroatoms. The summed E-state index contributed by atoms with van der Waals surface area (Å²) in [6.07, 6.45) is 2.34. The molecule has 1 saturated heterocycles. The van der Waals surface area contributed by atoms with Crippen LogP contribution in [0.15, 0.2) is 24.3 Å². The number of aliphatic hydroxyl groups is 1. The highest BCUT2D eigenvalue weighted by Gasteiger charge is 2.22. The smallest absolute Gasteiger partial charge is 0.0558 e. The number of hydrogen-bond acceptors (Lipinski definition) is 4. The Bertz CT molecular complexity index is 429. The van der Waals surface area contributed by atoms with Gasteiger partial charge in [-0.3, -0.25) is 9.80 Å². The summed E-state index contributed by atoms with van der Waals surface area (Å²) < 4.78 is 0. The first kappa shape index (κ1) is 18.4. The highest BCUT2D eigenvalue weighted by molar-refractivity contribution is 5.25. The van der Waals surface area contributed by atoms with Crippen LogP contribution in [0.2, 0.25) is 0 Å². The number of likely N-dealkylation sites (N-methyl/N-ethyl adjacent to an activating group) is 1. The molecule has 0 radical (unpaired) electrons. The van der Waals surface area contributed by atoms with Crippen LogP contribution in [-0.4, -0.2) is 67.3 Å². The second-order valence-electron chi connectivity index (χ2n) is 6.41. The molecule has 1 fully saturated rings. The van der Waals surface area contributed by atoms with Crippen molar-refractivity contribution in [2.24, 2.45) is 0 Å². The molecular weight excluding hydrogens is 286 g/mol. The summed E-state index contributed by atoms with van der Waals surface area (Å²) in [4.78, 5) is 4.94. The fraction of sp³-hybridized carbons (Fsp3) is 0.684. The first-order chi connectivity index (χ1) is 11.3. The minimum Gasteiger partial charge on any atom is -0.395 e. The van der Waals surface area contributed by atoms with Crippen LogP contribution in [0.4, 0.5) is 0 Å². The van der Waals surface area contributed by atoms with Gasteiger partial charge in [-0.15, -0.1) is 0 Å². The second kappa shape index (κ2) is 10.0. The number of hydrogen-bond donors (Lipinski definition) is 2. The van der Waals surface area contributed by atoms with Crippen LogP contribution < -0.4 is 5.32 Å². The largest absolute Gasteiger partial charge is 0.395 e. The molecular formula is C19H33N3O. The van der Waals surface area contributed by atoms with Gasteiger partial charge in [0.2, 0.25) is 0 Å². The van der Waals surface area contributed by atoms with Crippen molar-refractivity contribution >= 4 is 0 Å². The van der Waals surface area contributed by atoms with Crippen molar-refractivity contribution in [1.82, 2.24) is 15.1 Å². The fourth-order valence-corrected chi connectivity index (χ4v) is 3.43. The minimum atomic E-state index is 0.222. The van der Waals surface area contributed by atoms with E-state index in [-0.39, 0.29) is 6.61 Å². The zero-order chi connectivity index (χ0) is 16.5. The predicted octanol–water partition coefficient (Wildman–Crippen LogP) is 1.90. The van der Waals surface area contributed by atoms with Gasteiger partial charge in [0.25, 0.3) is 0 Å². The van der Waals surface area contributed by atoms with Crippen LogP contribution >= 0.6 is 0 Å². The van der Waals surface area contributed by atoms with Crippen LogP contribution in [0.25, 0.3) is 0 Å². The predicted molar refractivity (Wildman–Crippen MR) is 96.8 cm³/mol. The molecule has 1 aromatic rings. The molecule has 0 saturated carbocycles. The Morgan fingerprint density at radius 1 is 1.17 bits per heavy atom. The summed E-state index contributed by atoms with van der Waals surface area (Å²) in [6, 6.07) is 9.49. The Labute approximate surface area is 141 Å². The van der Waals surface area contributed by atoms with E-state index < -0.39 is 0 Å². The number of nitrogens with zero attached hydrogens (tertiary/aromatic N) is 2. The maximum absolute atomic E-state index is 9.42. The quantitative estimate of drug-likeness (QED) is 0.729. The maximum atomic E-state index is 9.42. The average molecular weight is 319 g/mol. The lowest BCUT2D eigenvalue weighted by Crippen LogP contribution is -2.47. The number of benzene rings is 1. The average Bonchev–Trinajstić information content (AvgIpc) is 2.60. The van der Waals surface area contributed by atoms with Crippen molar-refractivity contribution in [2.45, 2.75) is 32.7 Å². The van der Waals surface area contributed by atoms with Gasteiger partial charge >= 0.3 is 0 Å². The van der Waals surface area contributed by atoms with E-state index in [9.17, 15) is 5.11 Å². The Balaban J connectivity index is 2.13. The maximum Gasteiger partial charge on any atom is 0.0558 e. The van der Waals surface area contributed by atoms with Crippen molar-refractivity contribution in [3.8, 4) is 0 Å². The van der Waals surface area contributed by atoms with E-state index in [4.69, 9.17) is 0 Å². The summed E-state index contributed by atoms with van der Waals surface area (Å²) >= 11 is 0. The third-order valence-corrected chi connectivity index (χ3v) is 4.78. The molecule has 1 heterocycles. The Kier molecular flexibility index (Phi) is 8.03. The lowest BCUT2D eigenvalue weighted by molar-refractivity contribution is 0.113. The Hall–Kier alpha value is -0.940. The summed E-state index contributed by atoms with van der Waals surface area (Å²) in [6.45, 7) is 11.8. The topological polar surface area (TPSA) is 38.7 Å². The molecule has 1 aliphatic heterocycles. The van der Waals surface area contributed by atoms with Crippen molar-refractivity contribution in [3.05, 3.63) is 35.4 Å². The van der Waals surface area contributed by atoms with Gasteiger partial charge < -0.3 is 10.4 Å². The molecule has 0 aromatic heterocycles. The van der Waals surface area contributed by atoms with E-state index in [0.29, 0.717) is 6.04 Å². The number of piperazine rings is 1. The third kappa shape index (κ3) is 5.57. The minimum absolute atomic E-state index is 0.222. The Morgan fingerprint density at radius 3 is 2.43 bits per heavy atom. The van der Waals surface area contributed by atoms with E-state index in [0.717, 1.165) is 52.2 Å². The van der Waals surface area contributed by atoms with Gasteiger partial charge in [-0.25, -0.2) is 0 Å². The molecule has 2 rings (SSSR count). The van der Waals surface area contributed by atoms with Crippen molar-refractivity contribution < 1.29 is 5.11 Å². The third-order valence-electron chi connectivity index (χ3n) is 4.78. The van der Waals surface area contributed by atoms with Gasteiger partial charge in [0.1, 0.15) is 0 Å². The first-order valence-electron chi connectivity index (χ1n) is 9.15. The Morgan fingerprint density at radius 2 is 1.87 bits per heavy atom. The molecule has 130 valence electrons. The first-order valence-corrected chi connectivity index (χ1v) is 9.15. The number of aliphatic hydroxyl groups excluding tert-OH is 1. The van der Waals surface area contributed by atoms with Gasteiger partial charge in [-0.05, 0) is 24.1 Å². The second-order valence-corrected chi connectivity index (χ2v) is 6.41. The zero-order valence-corrected chi connectivity index (χ0v) is 14.8. The number of rotatable bonds is 9. The number of aryl methyl sites for hydroxylation is 1. The van der Waals surface area contributed by atoms with Crippen LogP contribution in [0.1, 0.15) is 37.4 Å². The van der Waals surface area contributed by atoms with E-state index >= 15 is 0 Å². The van der Waals surface area contributed by atoms with Crippen LogP contribution in [0.3, 0.4) is 0 Å². The normalized spacial score (nSPS) is 17.6. The summed E-state index contributed by atoms with van der Waals surface area (Å²) in [5, 5.41) is 12.8. The summed E-state index contributed by atoms with van der Waals surface area (Å²) in [5.41, 5.74) is 2.79. The highest BCUT2D eigenvalue weighted by Crippen LogP contribution is 2.23. The van der Waals surface area contributed by atoms with E-state index in [2.05, 4.69) is 53.2 Å². The van der Waals surface area contributed by atoms with Gasteiger partial charge in [0, 0.05) is 45.3 Å². The van der Waals surface area contributed by atoms with Crippen molar-refractivity contribution in [2.75, 3.05) is 52.4 Å². The molecule has 1 unspecified atom stereocenters. The molecule has 1 aromatic carbocycles. The van der Waals surface area contributed by atoms with E-state index in [1.807, 2.05) is 0 Å². The van der Waals surface area contributed by atoms with Crippen molar-refractivity contribution in [3.63, 3.8) is 0 Å². The molecule has 0 bridgehead atoms. The molecule has 4 nitrogen and oxygen atoms in total. The van der Waals surface area contributed by atoms with Crippen LogP contribution in [-0.2, 0) is 6.42 Å². The van der Waals surface area contributed by atoms with Gasteiger partial charge in [-0.1, -0.05) is 44.5 Å². The van der Waals surface area contributed by atoms with E-state index in [1.54, 1.807) is 0 Å². The molecule has 2 N–H and O–H groups in total. The molecule has 1 atom stereocenters. The SMILES string of the molecule is CCCc1ccc(C(CN2CCNCC2)N(CC)CCO)cc1. The van der Waals surface area contributed by atoms with Gasteiger partial charge in [0.05, 0.1) is 6.61 Å².